The zero-order valence-corrected chi connectivity index (χ0v) is 38.7. The maximum Gasteiger partial charge on any atom is 0.383 e. The number of hydrogen-bond acceptors (Lipinski definition) is 18. The molecule has 0 radical (unpaired) electrons. The molecule has 0 aromatic carbocycles. The molecule has 4 atom stereocenters. The van der Waals surface area contributed by atoms with Crippen LogP contribution < -0.4 is 0 Å². The van der Waals surface area contributed by atoms with Gasteiger partial charge in [-0.3, -0.25) is 19.2 Å². The topological polar surface area (TPSA) is 229 Å². The molecule has 2 aliphatic rings. The number of ether oxygens (including phenoxy) is 10. The number of hydrogen-bond donors (Lipinski definition) is 0. The summed E-state index contributed by atoms with van der Waals surface area (Å²) in [6.45, 7) is 22.0. The van der Waals surface area contributed by atoms with Crippen LogP contribution in [0.3, 0.4) is 0 Å². The Kier molecular flexibility index (Phi) is 27.3. The molecule has 18 nitrogen and oxygen atoms in total. The van der Waals surface area contributed by atoms with E-state index in [1.54, 1.807) is 27.7 Å². The van der Waals surface area contributed by atoms with Crippen LogP contribution in [0.4, 0.5) is 17.6 Å². The number of halogens is 4. The van der Waals surface area contributed by atoms with Gasteiger partial charge in [0.2, 0.25) is 0 Å². The first-order valence-electron chi connectivity index (χ1n) is 20.0. The summed E-state index contributed by atoms with van der Waals surface area (Å²) >= 11 is 0. The predicted molar refractivity (Wildman–Crippen MR) is 215 cm³/mol. The first-order chi connectivity index (χ1) is 29.4. The van der Waals surface area contributed by atoms with E-state index >= 15 is 0 Å². The molecule has 0 spiro atoms. The summed E-state index contributed by atoms with van der Waals surface area (Å²) in [6, 6.07) is 0. The van der Waals surface area contributed by atoms with Crippen LogP contribution in [0.15, 0.2) is 24.3 Å². The van der Waals surface area contributed by atoms with Crippen LogP contribution in [0, 0.1) is 10.8 Å². The van der Waals surface area contributed by atoms with Crippen LogP contribution in [0.5, 0.6) is 0 Å². The second kappa shape index (κ2) is 28.6. The molecule has 0 aromatic heterocycles. The van der Waals surface area contributed by atoms with Crippen molar-refractivity contribution in [3.05, 3.63) is 24.3 Å². The summed E-state index contributed by atoms with van der Waals surface area (Å²) in [5.74, 6) is -14.5. The van der Waals surface area contributed by atoms with Gasteiger partial charge in [0, 0.05) is 25.4 Å². The van der Waals surface area contributed by atoms with Crippen LogP contribution in [0.1, 0.15) is 108 Å². The van der Waals surface area contributed by atoms with Gasteiger partial charge in [-0.05, 0) is 67.2 Å². The van der Waals surface area contributed by atoms with Crippen molar-refractivity contribution in [1.29, 1.82) is 0 Å². The van der Waals surface area contributed by atoms with E-state index in [2.05, 4.69) is 41.6 Å². The van der Waals surface area contributed by atoms with Crippen molar-refractivity contribution in [3.8, 4) is 0 Å². The van der Waals surface area contributed by atoms with Crippen LogP contribution in [0.25, 0.3) is 0 Å². The van der Waals surface area contributed by atoms with Gasteiger partial charge in [-0.25, -0.2) is 19.2 Å². The molecule has 2 heterocycles. The normalized spacial score (nSPS) is 16.8. The molecule has 64 heavy (non-hydrogen) atoms. The second-order valence-corrected chi connectivity index (χ2v) is 15.4. The molecular weight excluding hydrogens is 868 g/mol. The van der Waals surface area contributed by atoms with E-state index in [0.29, 0.717) is 18.4 Å². The molecule has 22 heteroatoms. The third kappa shape index (κ3) is 21.5. The van der Waals surface area contributed by atoms with Crippen molar-refractivity contribution in [2.75, 3.05) is 41.0 Å². The molecule has 368 valence electrons. The van der Waals surface area contributed by atoms with E-state index in [9.17, 15) is 55.9 Å². The lowest BCUT2D eigenvalue weighted by atomic mass is 9.90. The third-order valence-electron chi connectivity index (χ3n) is 8.98. The highest BCUT2D eigenvalue weighted by Crippen LogP contribution is 2.30. The summed E-state index contributed by atoms with van der Waals surface area (Å²) in [5.41, 5.74) is -1.07. The van der Waals surface area contributed by atoms with Gasteiger partial charge in [-0.15, -0.1) is 0 Å². The Morgan fingerprint density at radius 2 is 0.969 bits per heavy atom. The Bertz CT molecular complexity index is 1610. The molecule has 2 saturated heterocycles. The van der Waals surface area contributed by atoms with Crippen LogP contribution in [-0.4, -0.2) is 125 Å². The number of methoxy groups -OCH3 is 2. The molecule has 0 bridgehead atoms. The molecule has 0 N–H and O–H groups in total. The third-order valence-corrected chi connectivity index (χ3v) is 8.98. The number of carbonyl (C=O) groups excluding carboxylic acids is 8. The fraction of sp³-hybridized carbons (Fsp3) is 0.714. The Morgan fingerprint density at radius 3 is 1.28 bits per heavy atom. The van der Waals surface area contributed by atoms with Crippen molar-refractivity contribution in [3.63, 3.8) is 0 Å². The van der Waals surface area contributed by atoms with Gasteiger partial charge >= 0.3 is 59.6 Å². The SMILES string of the molecule is C=C(C)C(=O)OC(CC)C(F)(F)C(=O)OCOC.C=C(C)C(=O)OC1COC(=O)C1.CCC(C)(C)C(=O)OC1COC(=O)C1.CCC(OC(=O)C(C)(C)CC)C(F)(F)C(=O)OCOC. The van der Waals surface area contributed by atoms with E-state index in [4.69, 9.17) is 18.9 Å². The minimum absolute atomic E-state index is 0.0329. The van der Waals surface area contributed by atoms with E-state index in [1.807, 2.05) is 20.8 Å². The zero-order chi connectivity index (χ0) is 50.2. The second-order valence-electron chi connectivity index (χ2n) is 15.4. The lowest BCUT2D eigenvalue weighted by Crippen LogP contribution is -2.46. The fourth-order valence-electron chi connectivity index (χ4n) is 4.01. The first-order valence-corrected chi connectivity index (χ1v) is 20.0. The fourth-order valence-corrected chi connectivity index (χ4v) is 4.01. The highest BCUT2D eigenvalue weighted by atomic mass is 19.3. The minimum atomic E-state index is -3.93. The predicted octanol–water partition coefficient (Wildman–Crippen LogP) is 5.90. The molecule has 0 amide bonds. The highest BCUT2D eigenvalue weighted by molar-refractivity contribution is 5.88. The molecule has 0 aliphatic carbocycles. The van der Waals surface area contributed by atoms with Crippen molar-refractivity contribution in [2.45, 2.75) is 144 Å². The molecule has 2 aliphatic heterocycles. The van der Waals surface area contributed by atoms with Crippen molar-refractivity contribution >= 4 is 47.8 Å². The van der Waals surface area contributed by atoms with Crippen LogP contribution in [0.2, 0.25) is 0 Å². The lowest BCUT2D eigenvalue weighted by molar-refractivity contribution is -0.208. The van der Waals surface area contributed by atoms with Crippen molar-refractivity contribution in [1.82, 2.24) is 0 Å². The molecule has 4 unspecified atom stereocenters. The quantitative estimate of drug-likeness (QED) is 0.0455. The summed E-state index contributed by atoms with van der Waals surface area (Å²) < 4.78 is 101. The van der Waals surface area contributed by atoms with Crippen LogP contribution >= 0.6 is 0 Å². The number of rotatable bonds is 20. The van der Waals surface area contributed by atoms with Crippen LogP contribution in [-0.2, 0) is 85.7 Å². The highest BCUT2D eigenvalue weighted by Gasteiger charge is 2.52. The van der Waals surface area contributed by atoms with Crippen molar-refractivity contribution < 1.29 is 103 Å². The standard InChI is InChI=1S/C13H22F2O5.C11H16F2O5.C10H16O4.C8H10O4/c1-6-9(20-10(16)12(3,4)7-2)13(14,15)11(17)19-8-18-5;1-5-8(18-9(14)7(2)3)11(12,13)10(15)17-6-16-4;1-4-10(2,3)9(12)14-7-5-8(11)13-6-7;1-5(2)8(10)12-6-3-7(9)11-4-6/h9H,6-8H2,1-5H3;8H,2,5-6H2,1,3-4H3;7H,4-6H2,1-3H3;6H,1,3-4H2,2H3. The van der Waals surface area contributed by atoms with Gasteiger partial charge in [0.05, 0.1) is 23.7 Å². The summed E-state index contributed by atoms with van der Waals surface area (Å²) in [6.07, 6.45) is -3.53. The summed E-state index contributed by atoms with van der Waals surface area (Å²) in [4.78, 5) is 89.2. The summed E-state index contributed by atoms with van der Waals surface area (Å²) in [5, 5.41) is 0. The number of esters is 8. The Morgan fingerprint density at radius 1 is 0.609 bits per heavy atom. The van der Waals surface area contributed by atoms with Gasteiger partial charge in [0.15, 0.2) is 25.8 Å². The molecule has 2 rings (SSSR count). The van der Waals surface area contributed by atoms with E-state index < -0.39 is 84.4 Å². The van der Waals surface area contributed by atoms with E-state index in [-0.39, 0.29) is 68.5 Å². The van der Waals surface area contributed by atoms with Gasteiger partial charge in [-0.2, -0.15) is 17.6 Å². The smallest absolute Gasteiger partial charge is 0.383 e. The average molecular weight is 933 g/mol. The Balaban J connectivity index is 0. The number of carbonyl (C=O) groups is 8. The van der Waals surface area contributed by atoms with E-state index in [0.717, 1.165) is 0 Å². The number of cyclic esters (lactones) is 2. The van der Waals surface area contributed by atoms with Gasteiger partial charge in [0.1, 0.15) is 25.4 Å². The van der Waals surface area contributed by atoms with Gasteiger partial charge in [0.25, 0.3) is 0 Å². The molecule has 0 saturated carbocycles. The monoisotopic (exact) mass is 932 g/mol. The molecule has 2 fully saturated rings. The zero-order valence-electron chi connectivity index (χ0n) is 38.7. The van der Waals surface area contributed by atoms with E-state index in [1.165, 1.54) is 35.0 Å². The minimum Gasteiger partial charge on any atom is -0.462 e. The molecule has 0 aromatic rings. The largest absolute Gasteiger partial charge is 0.462 e. The Labute approximate surface area is 370 Å². The Hall–Kier alpha value is -5.12. The first kappa shape index (κ1) is 61.0. The molecular formula is C42H64F4O18. The van der Waals surface area contributed by atoms with Gasteiger partial charge < -0.3 is 47.4 Å². The maximum atomic E-state index is 13.9. The average Bonchev–Trinajstić information content (AvgIpc) is 3.85. The lowest BCUT2D eigenvalue weighted by Gasteiger charge is -2.28. The number of alkyl halides is 4. The summed E-state index contributed by atoms with van der Waals surface area (Å²) in [7, 11) is 2.39. The van der Waals surface area contributed by atoms with Gasteiger partial charge in [-0.1, -0.05) is 40.9 Å². The maximum absolute atomic E-state index is 13.9. The van der Waals surface area contributed by atoms with Crippen molar-refractivity contribution in [2.24, 2.45) is 10.8 Å².